The van der Waals surface area contributed by atoms with E-state index in [2.05, 4.69) is 25.7 Å². The number of rotatable bonds is 4. The van der Waals surface area contributed by atoms with Crippen LogP contribution in [-0.4, -0.2) is 25.2 Å². The van der Waals surface area contributed by atoms with Crippen LogP contribution in [0.3, 0.4) is 0 Å². The molecular weight excluding hydrogens is 353 g/mol. The smallest absolute Gasteiger partial charge is 0.338 e. The average molecular weight is 366 g/mol. The van der Waals surface area contributed by atoms with Crippen molar-refractivity contribution < 1.29 is 18.7 Å². The summed E-state index contributed by atoms with van der Waals surface area (Å²) in [5.41, 5.74) is 1.24. The largest absolute Gasteiger partial charge is 0.494 e. The van der Waals surface area contributed by atoms with Crippen molar-refractivity contribution in [3.8, 4) is 5.75 Å². The normalized spacial score (nSPS) is 10.7. The van der Waals surface area contributed by atoms with E-state index in [-0.39, 0.29) is 16.9 Å². The van der Waals surface area contributed by atoms with Gasteiger partial charge in [-0.3, -0.25) is 0 Å². The number of carbonyl (C=O) groups is 1. The van der Waals surface area contributed by atoms with Gasteiger partial charge in [-0.25, -0.2) is 14.2 Å². The molecule has 0 aliphatic rings. The lowest BCUT2D eigenvalue weighted by molar-refractivity contribution is 0.0600. The molecule has 0 bridgehead atoms. The maximum atomic E-state index is 14.2. The lowest BCUT2D eigenvalue weighted by Crippen LogP contribution is -2.03. The number of carbonyl (C=O) groups excluding carboxylic acids is 1. The molecule has 1 heterocycles. The van der Waals surface area contributed by atoms with Crippen LogP contribution in [0, 0.1) is 5.82 Å². The zero-order chi connectivity index (χ0) is 16.1. The number of hydrogen-bond acceptors (Lipinski definition) is 4. The van der Waals surface area contributed by atoms with Gasteiger partial charge in [0.1, 0.15) is 4.60 Å². The number of nitrogens with zero attached hydrogens (tertiary/aromatic N) is 1. The number of ether oxygens (including phenoxy) is 2. The summed E-state index contributed by atoms with van der Waals surface area (Å²) in [6.07, 6.45) is 4.88. The fraction of sp³-hybridized carbons (Fsp3) is 0.125. The van der Waals surface area contributed by atoms with Gasteiger partial charge in [0, 0.05) is 11.8 Å². The highest BCUT2D eigenvalue weighted by Gasteiger charge is 2.14. The molecule has 0 N–H and O–H groups in total. The van der Waals surface area contributed by atoms with Gasteiger partial charge in [-0.2, -0.15) is 0 Å². The van der Waals surface area contributed by atoms with Gasteiger partial charge in [-0.15, -0.1) is 0 Å². The second kappa shape index (κ2) is 7.17. The highest BCUT2D eigenvalue weighted by atomic mass is 79.9. The predicted octanol–water partition coefficient (Wildman–Crippen LogP) is 3.95. The summed E-state index contributed by atoms with van der Waals surface area (Å²) in [5, 5.41) is 0. The molecule has 1 aromatic carbocycles. The molecule has 0 fully saturated rings. The Morgan fingerprint density at radius 3 is 2.64 bits per heavy atom. The van der Waals surface area contributed by atoms with Gasteiger partial charge >= 0.3 is 5.97 Å². The Hall–Kier alpha value is -2.21. The number of benzene rings is 1. The standard InChI is InChI=1S/C16H13BrFNO3/c1-21-13-8-12(16(20)22-2)7-11(15(13)18)5-3-10-4-6-14(17)19-9-10/h3-9H,1-2H3/b5-3+. The van der Waals surface area contributed by atoms with E-state index in [4.69, 9.17) is 4.74 Å². The molecule has 0 saturated carbocycles. The van der Waals surface area contributed by atoms with Gasteiger partial charge in [0.25, 0.3) is 0 Å². The predicted molar refractivity (Wildman–Crippen MR) is 85.2 cm³/mol. The maximum absolute atomic E-state index is 14.2. The van der Waals surface area contributed by atoms with Crippen molar-refractivity contribution >= 4 is 34.1 Å². The Kier molecular flexibility index (Phi) is 5.27. The van der Waals surface area contributed by atoms with Gasteiger partial charge < -0.3 is 9.47 Å². The summed E-state index contributed by atoms with van der Waals surface area (Å²) < 4.78 is 24.6. The molecule has 0 aliphatic heterocycles. The second-order valence-electron chi connectivity index (χ2n) is 4.32. The first-order valence-electron chi connectivity index (χ1n) is 6.30. The van der Waals surface area contributed by atoms with E-state index in [0.29, 0.717) is 4.60 Å². The van der Waals surface area contributed by atoms with Crippen LogP contribution in [0.25, 0.3) is 12.2 Å². The summed E-state index contributed by atoms with van der Waals surface area (Å²) >= 11 is 3.24. The molecule has 2 aromatic rings. The van der Waals surface area contributed by atoms with Gasteiger partial charge in [-0.05, 0) is 39.7 Å². The first kappa shape index (κ1) is 16.2. The van der Waals surface area contributed by atoms with E-state index in [1.807, 2.05) is 6.07 Å². The van der Waals surface area contributed by atoms with Crippen molar-refractivity contribution in [2.45, 2.75) is 0 Å². The second-order valence-corrected chi connectivity index (χ2v) is 5.13. The quantitative estimate of drug-likeness (QED) is 0.607. The summed E-state index contributed by atoms with van der Waals surface area (Å²) in [6.45, 7) is 0. The highest BCUT2D eigenvalue weighted by molar-refractivity contribution is 9.10. The number of esters is 1. The first-order chi connectivity index (χ1) is 10.5. The highest BCUT2D eigenvalue weighted by Crippen LogP contribution is 2.25. The number of aromatic nitrogens is 1. The van der Waals surface area contributed by atoms with Gasteiger partial charge in [-0.1, -0.05) is 18.2 Å². The first-order valence-corrected chi connectivity index (χ1v) is 7.10. The SMILES string of the molecule is COC(=O)c1cc(/C=C/c2ccc(Br)nc2)c(F)c(OC)c1. The molecular formula is C16H13BrFNO3. The molecule has 2 rings (SSSR count). The molecule has 0 aliphatic carbocycles. The van der Waals surface area contributed by atoms with Crippen LogP contribution in [0.15, 0.2) is 35.1 Å². The molecule has 4 nitrogen and oxygen atoms in total. The summed E-state index contributed by atoms with van der Waals surface area (Å²) in [4.78, 5) is 15.7. The van der Waals surface area contributed by atoms with Gasteiger partial charge in [0.15, 0.2) is 11.6 Å². The Morgan fingerprint density at radius 2 is 2.05 bits per heavy atom. The summed E-state index contributed by atoms with van der Waals surface area (Å²) in [7, 11) is 2.60. The minimum Gasteiger partial charge on any atom is -0.494 e. The molecule has 22 heavy (non-hydrogen) atoms. The van der Waals surface area contributed by atoms with E-state index < -0.39 is 11.8 Å². The lowest BCUT2D eigenvalue weighted by Gasteiger charge is -2.08. The monoisotopic (exact) mass is 365 g/mol. The van der Waals surface area contributed by atoms with Crippen molar-refractivity contribution in [1.29, 1.82) is 0 Å². The lowest BCUT2D eigenvalue weighted by atomic mass is 10.1. The number of hydrogen-bond donors (Lipinski definition) is 0. The van der Waals surface area contributed by atoms with Crippen molar-refractivity contribution in [2.75, 3.05) is 14.2 Å². The number of methoxy groups -OCH3 is 2. The Balaban J connectivity index is 2.40. The third kappa shape index (κ3) is 3.71. The minimum atomic E-state index is -0.557. The fourth-order valence-corrected chi connectivity index (χ4v) is 2.03. The van der Waals surface area contributed by atoms with E-state index >= 15 is 0 Å². The van der Waals surface area contributed by atoms with E-state index in [1.165, 1.54) is 26.4 Å². The molecule has 0 atom stereocenters. The van der Waals surface area contributed by atoms with Crippen LogP contribution in [-0.2, 0) is 4.74 Å². The summed E-state index contributed by atoms with van der Waals surface area (Å²) in [5.74, 6) is -1.12. The maximum Gasteiger partial charge on any atom is 0.338 e. The zero-order valence-corrected chi connectivity index (χ0v) is 13.6. The number of pyridine rings is 1. The van der Waals surface area contributed by atoms with Crippen molar-refractivity contribution in [2.24, 2.45) is 0 Å². The molecule has 0 radical (unpaired) electrons. The van der Waals surface area contributed by atoms with Crippen molar-refractivity contribution in [3.05, 3.63) is 57.6 Å². The molecule has 0 saturated heterocycles. The van der Waals surface area contributed by atoms with E-state index in [1.54, 1.807) is 24.4 Å². The molecule has 1 aromatic heterocycles. The van der Waals surface area contributed by atoms with Crippen LogP contribution >= 0.6 is 15.9 Å². The Bertz CT molecular complexity index is 714. The molecule has 114 valence electrons. The molecule has 6 heteroatoms. The summed E-state index contributed by atoms with van der Waals surface area (Å²) in [6, 6.07) is 6.32. The third-order valence-electron chi connectivity index (χ3n) is 2.91. The zero-order valence-electron chi connectivity index (χ0n) is 12.0. The van der Waals surface area contributed by atoms with Crippen LogP contribution in [0.5, 0.6) is 5.75 Å². The van der Waals surface area contributed by atoms with E-state index in [9.17, 15) is 9.18 Å². The van der Waals surface area contributed by atoms with Crippen LogP contribution in [0.4, 0.5) is 4.39 Å². The van der Waals surface area contributed by atoms with Crippen LogP contribution < -0.4 is 4.74 Å². The topological polar surface area (TPSA) is 48.4 Å². The van der Waals surface area contributed by atoms with Crippen molar-refractivity contribution in [3.63, 3.8) is 0 Å². The van der Waals surface area contributed by atoms with Gasteiger partial charge in [0.2, 0.25) is 0 Å². The van der Waals surface area contributed by atoms with Crippen LogP contribution in [0.2, 0.25) is 0 Å². The van der Waals surface area contributed by atoms with Gasteiger partial charge in [0.05, 0.1) is 19.8 Å². The Labute approximate surface area is 135 Å². The molecule has 0 unspecified atom stereocenters. The van der Waals surface area contributed by atoms with Crippen LogP contribution in [0.1, 0.15) is 21.5 Å². The Morgan fingerprint density at radius 1 is 1.27 bits per heavy atom. The minimum absolute atomic E-state index is 0.0171. The molecule has 0 amide bonds. The van der Waals surface area contributed by atoms with Crippen molar-refractivity contribution in [1.82, 2.24) is 4.98 Å². The fourth-order valence-electron chi connectivity index (χ4n) is 1.80. The number of halogens is 2. The average Bonchev–Trinajstić information content (AvgIpc) is 2.54. The van der Waals surface area contributed by atoms with E-state index in [0.717, 1.165) is 5.56 Å². The third-order valence-corrected chi connectivity index (χ3v) is 3.38. The molecule has 0 spiro atoms.